The van der Waals surface area contributed by atoms with Gasteiger partial charge in [-0.15, -0.1) is 0 Å². The molecule has 0 aromatic rings. The van der Waals surface area contributed by atoms with E-state index in [0.717, 1.165) is 0 Å². The van der Waals surface area contributed by atoms with Crippen molar-refractivity contribution < 1.29 is 9.18 Å². The minimum atomic E-state index is -1.10. The van der Waals surface area contributed by atoms with Crippen LogP contribution in [0.1, 0.15) is 20.3 Å². The lowest BCUT2D eigenvalue weighted by atomic mass is 10.0. The second kappa shape index (κ2) is 4.59. The summed E-state index contributed by atoms with van der Waals surface area (Å²) in [5, 5.41) is 2.73. The molecule has 2 atom stereocenters. The van der Waals surface area contributed by atoms with Crippen molar-refractivity contribution in [2.24, 2.45) is 5.73 Å². The fourth-order valence-electron chi connectivity index (χ4n) is 1.45. The average molecular weight is 203 g/mol. The first kappa shape index (κ1) is 11.2. The average Bonchev–Trinajstić information content (AvgIpc) is 2.08. The predicted molar refractivity (Wildman–Crippen MR) is 52.7 cm³/mol. The van der Waals surface area contributed by atoms with E-state index in [-0.39, 0.29) is 18.6 Å². The van der Waals surface area contributed by atoms with Crippen molar-refractivity contribution in [1.82, 2.24) is 10.2 Å². The van der Waals surface area contributed by atoms with E-state index < -0.39 is 12.2 Å². The van der Waals surface area contributed by atoms with Crippen LogP contribution in [0.15, 0.2) is 0 Å². The van der Waals surface area contributed by atoms with E-state index >= 15 is 0 Å². The molecule has 82 valence electrons. The summed E-state index contributed by atoms with van der Waals surface area (Å²) in [6, 6.07) is -0.538. The number of alkyl halides is 1. The third kappa shape index (κ3) is 2.83. The molecule has 1 rings (SSSR count). The number of nitrogens with one attached hydrogen (secondary N) is 1. The van der Waals surface area contributed by atoms with E-state index in [2.05, 4.69) is 5.32 Å². The SMILES string of the molecule is CC(C)NC(=O)N1CCC(N)C(F)C1. The number of carbonyl (C=O) groups excluding carboxylic acids is 1. The van der Waals surface area contributed by atoms with E-state index in [4.69, 9.17) is 5.73 Å². The molecule has 0 spiro atoms. The third-order valence-electron chi connectivity index (χ3n) is 2.29. The fraction of sp³-hybridized carbons (Fsp3) is 0.889. The van der Waals surface area contributed by atoms with E-state index in [0.29, 0.717) is 13.0 Å². The molecule has 0 saturated carbocycles. The zero-order valence-electron chi connectivity index (χ0n) is 8.66. The van der Waals surface area contributed by atoms with Crippen LogP contribution in [0.3, 0.4) is 0 Å². The Balaban J connectivity index is 2.42. The van der Waals surface area contributed by atoms with Gasteiger partial charge < -0.3 is 16.0 Å². The van der Waals surface area contributed by atoms with Gasteiger partial charge in [0, 0.05) is 18.6 Å². The number of amides is 2. The van der Waals surface area contributed by atoms with E-state index in [1.807, 2.05) is 13.8 Å². The topological polar surface area (TPSA) is 58.4 Å². The van der Waals surface area contributed by atoms with Crippen molar-refractivity contribution >= 4 is 6.03 Å². The number of piperidine rings is 1. The van der Waals surface area contributed by atoms with E-state index in [9.17, 15) is 9.18 Å². The second-order valence-electron chi connectivity index (χ2n) is 4.02. The monoisotopic (exact) mass is 203 g/mol. The summed E-state index contributed by atoms with van der Waals surface area (Å²) < 4.78 is 13.2. The molecule has 1 fully saturated rings. The molecule has 0 aromatic heterocycles. The highest BCUT2D eigenvalue weighted by atomic mass is 19.1. The predicted octanol–water partition coefficient (Wildman–Crippen LogP) is 0.476. The molecule has 1 saturated heterocycles. The van der Waals surface area contributed by atoms with Crippen LogP contribution < -0.4 is 11.1 Å². The Morgan fingerprint density at radius 3 is 2.79 bits per heavy atom. The molecule has 0 aliphatic carbocycles. The van der Waals surface area contributed by atoms with Crippen LogP contribution >= 0.6 is 0 Å². The number of likely N-dealkylation sites (tertiary alicyclic amines) is 1. The molecule has 1 heterocycles. The number of halogens is 1. The number of nitrogens with two attached hydrogens (primary N) is 1. The van der Waals surface area contributed by atoms with Gasteiger partial charge in [0.1, 0.15) is 6.17 Å². The summed E-state index contributed by atoms with van der Waals surface area (Å²) in [7, 11) is 0. The van der Waals surface area contributed by atoms with Gasteiger partial charge in [0.25, 0.3) is 0 Å². The molecule has 0 bridgehead atoms. The van der Waals surface area contributed by atoms with Gasteiger partial charge in [0.15, 0.2) is 0 Å². The van der Waals surface area contributed by atoms with E-state index in [1.165, 1.54) is 4.90 Å². The zero-order chi connectivity index (χ0) is 10.7. The molecule has 2 amide bonds. The van der Waals surface area contributed by atoms with Crippen LogP contribution in [0.4, 0.5) is 9.18 Å². The van der Waals surface area contributed by atoms with E-state index in [1.54, 1.807) is 0 Å². The molecular formula is C9H18FN3O. The molecule has 4 nitrogen and oxygen atoms in total. The van der Waals surface area contributed by atoms with Crippen molar-refractivity contribution in [3.05, 3.63) is 0 Å². The van der Waals surface area contributed by atoms with Crippen molar-refractivity contribution in [2.75, 3.05) is 13.1 Å². The first-order chi connectivity index (χ1) is 6.50. The summed E-state index contributed by atoms with van der Waals surface area (Å²) in [5.41, 5.74) is 5.51. The number of rotatable bonds is 1. The van der Waals surface area contributed by atoms with Crippen molar-refractivity contribution in [1.29, 1.82) is 0 Å². The van der Waals surface area contributed by atoms with Crippen LogP contribution in [-0.2, 0) is 0 Å². The van der Waals surface area contributed by atoms with Crippen molar-refractivity contribution in [3.63, 3.8) is 0 Å². The normalized spacial score (nSPS) is 27.9. The summed E-state index contributed by atoms with van der Waals surface area (Å²) in [4.78, 5) is 12.9. The molecule has 1 aliphatic heterocycles. The highest BCUT2D eigenvalue weighted by molar-refractivity contribution is 5.74. The molecule has 14 heavy (non-hydrogen) atoms. The molecule has 1 aliphatic rings. The molecule has 2 unspecified atom stereocenters. The van der Waals surface area contributed by atoms with Gasteiger partial charge in [-0.25, -0.2) is 9.18 Å². The van der Waals surface area contributed by atoms with Crippen molar-refractivity contribution in [3.8, 4) is 0 Å². The van der Waals surface area contributed by atoms with Crippen LogP contribution in [-0.4, -0.2) is 42.3 Å². The minimum absolute atomic E-state index is 0.0798. The largest absolute Gasteiger partial charge is 0.336 e. The van der Waals surface area contributed by atoms with Crippen LogP contribution in [0.5, 0.6) is 0 Å². The molecule has 0 aromatic carbocycles. The van der Waals surface area contributed by atoms with Gasteiger partial charge in [-0.2, -0.15) is 0 Å². The van der Waals surface area contributed by atoms with Crippen LogP contribution in [0, 0.1) is 0 Å². The van der Waals surface area contributed by atoms with Gasteiger partial charge in [0.2, 0.25) is 0 Å². The minimum Gasteiger partial charge on any atom is -0.336 e. The zero-order valence-corrected chi connectivity index (χ0v) is 8.66. The number of urea groups is 1. The first-order valence-corrected chi connectivity index (χ1v) is 4.95. The quantitative estimate of drug-likeness (QED) is 0.651. The van der Waals surface area contributed by atoms with Gasteiger partial charge >= 0.3 is 6.03 Å². The Hall–Kier alpha value is -0.840. The lowest BCUT2D eigenvalue weighted by Crippen LogP contribution is -2.54. The Morgan fingerprint density at radius 2 is 2.29 bits per heavy atom. The van der Waals surface area contributed by atoms with Gasteiger partial charge in [-0.05, 0) is 20.3 Å². The standard InChI is InChI=1S/C9H18FN3O/c1-6(2)12-9(14)13-4-3-8(11)7(10)5-13/h6-8H,3-5,11H2,1-2H3,(H,12,14). The van der Waals surface area contributed by atoms with Crippen molar-refractivity contribution in [2.45, 2.75) is 38.5 Å². The summed E-state index contributed by atoms with van der Waals surface area (Å²) in [6.45, 7) is 4.40. The first-order valence-electron chi connectivity index (χ1n) is 4.95. The summed E-state index contributed by atoms with van der Waals surface area (Å²) in [6.07, 6.45) is -0.561. The lowest BCUT2D eigenvalue weighted by molar-refractivity contribution is 0.128. The van der Waals surface area contributed by atoms with Crippen LogP contribution in [0.2, 0.25) is 0 Å². The smallest absolute Gasteiger partial charge is 0.317 e. The third-order valence-corrected chi connectivity index (χ3v) is 2.29. The Kier molecular flexibility index (Phi) is 3.69. The Morgan fingerprint density at radius 1 is 1.64 bits per heavy atom. The fourth-order valence-corrected chi connectivity index (χ4v) is 1.45. The molecule has 5 heteroatoms. The lowest BCUT2D eigenvalue weighted by Gasteiger charge is -2.33. The van der Waals surface area contributed by atoms with Gasteiger partial charge in [0.05, 0.1) is 6.54 Å². The highest BCUT2D eigenvalue weighted by Crippen LogP contribution is 2.12. The number of carbonyl (C=O) groups is 1. The highest BCUT2D eigenvalue weighted by Gasteiger charge is 2.28. The maximum Gasteiger partial charge on any atom is 0.317 e. The maximum atomic E-state index is 13.2. The van der Waals surface area contributed by atoms with Crippen LogP contribution in [0.25, 0.3) is 0 Å². The number of nitrogens with zero attached hydrogens (tertiary/aromatic N) is 1. The molecular weight excluding hydrogens is 185 g/mol. The maximum absolute atomic E-state index is 13.2. The molecule has 3 N–H and O–H groups in total. The number of hydrogen-bond acceptors (Lipinski definition) is 2. The van der Waals surface area contributed by atoms with Gasteiger partial charge in [-0.1, -0.05) is 0 Å². The summed E-state index contributed by atoms with van der Waals surface area (Å²) >= 11 is 0. The number of hydrogen-bond donors (Lipinski definition) is 2. The Labute approximate surface area is 83.6 Å². The van der Waals surface area contributed by atoms with Gasteiger partial charge in [-0.3, -0.25) is 0 Å². The second-order valence-corrected chi connectivity index (χ2v) is 4.02. The Bertz CT molecular complexity index is 210. The molecule has 0 radical (unpaired) electrons. The summed E-state index contributed by atoms with van der Waals surface area (Å²) in [5.74, 6) is 0.